The number of benzene rings is 2. The molecule has 0 bridgehead atoms. The number of rotatable bonds is 1. The van der Waals surface area contributed by atoms with Crippen LogP contribution in [0.2, 0.25) is 0 Å². The maximum atomic E-state index is 11.5. The van der Waals surface area contributed by atoms with Gasteiger partial charge in [0.05, 0.1) is 5.69 Å². The largest absolute Gasteiger partial charge is 0.330 e. The lowest BCUT2D eigenvalue weighted by Crippen LogP contribution is -2.13. The van der Waals surface area contributed by atoms with Gasteiger partial charge in [-0.1, -0.05) is 30.3 Å². The summed E-state index contributed by atoms with van der Waals surface area (Å²) in [5, 5.41) is 2.31. The summed E-state index contributed by atoms with van der Waals surface area (Å²) in [5.41, 5.74) is 0.764. The average molecular weight is 210 g/mol. The highest BCUT2D eigenvalue weighted by molar-refractivity contribution is 5.84. The van der Waals surface area contributed by atoms with Gasteiger partial charge in [0.1, 0.15) is 0 Å². The van der Waals surface area contributed by atoms with Crippen molar-refractivity contribution in [3.05, 3.63) is 65.3 Å². The first kappa shape index (κ1) is 8.97. The van der Waals surface area contributed by atoms with Crippen molar-refractivity contribution in [2.45, 2.75) is 0 Å². The summed E-state index contributed by atoms with van der Waals surface area (Å²) >= 11 is 0. The predicted octanol–water partition coefficient (Wildman–Crippen LogP) is 2.32. The molecule has 1 aromatic heterocycles. The quantitative estimate of drug-likeness (QED) is 0.657. The molecule has 0 fully saturated rings. The van der Waals surface area contributed by atoms with E-state index in [4.69, 9.17) is 0 Å². The van der Waals surface area contributed by atoms with E-state index in [0.717, 1.165) is 11.1 Å². The molecule has 0 unspecified atom stereocenters. The van der Waals surface area contributed by atoms with Gasteiger partial charge in [-0.2, -0.15) is 0 Å². The lowest BCUT2D eigenvalue weighted by atomic mass is 10.1. The molecule has 3 heteroatoms. The van der Waals surface area contributed by atoms with E-state index in [2.05, 4.69) is 11.1 Å². The Morgan fingerprint density at radius 2 is 1.81 bits per heavy atom. The molecule has 0 saturated carbocycles. The van der Waals surface area contributed by atoms with Crippen LogP contribution in [0.5, 0.6) is 0 Å². The number of nitrogens with zero attached hydrogens (tertiary/aromatic N) is 1. The molecule has 0 spiro atoms. The van der Waals surface area contributed by atoms with Crippen LogP contribution in [0.15, 0.2) is 59.7 Å². The van der Waals surface area contributed by atoms with Gasteiger partial charge in [-0.3, -0.25) is 4.57 Å². The summed E-state index contributed by atoms with van der Waals surface area (Å²) in [6, 6.07) is 14.1. The van der Waals surface area contributed by atoms with E-state index in [-0.39, 0.29) is 5.69 Å². The van der Waals surface area contributed by atoms with Gasteiger partial charge in [0.25, 0.3) is 0 Å². The van der Waals surface area contributed by atoms with E-state index in [1.54, 1.807) is 17.0 Å². The van der Waals surface area contributed by atoms with E-state index >= 15 is 0 Å². The standard InChI is InChI=1S/C13H10N2O/c16-13-14-7-8-15(13)12-6-5-10-3-1-2-4-11(10)9-12/h1-9H,(H,14,16). The minimum absolute atomic E-state index is 0.115. The lowest BCUT2D eigenvalue weighted by Gasteiger charge is -2.03. The summed E-state index contributed by atoms with van der Waals surface area (Å²) in [6.45, 7) is 0. The Morgan fingerprint density at radius 3 is 2.56 bits per heavy atom. The van der Waals surface area contributed by atoms with E-state index in [9.17, 15) is 4.79 Å². The first-order valence-corrected chi connectivity index (χ1v) is 5.10. The van der Waals surface area contributed by atoms with Crippen molar-refractivity contribution >= 4 is 10.8 Å². The molecule has 0 aliphatic heterocycles. The Hall–Kier alpha value is -2.29. The third kappa shape index (κ3) is 1.34. The van der Waals surface area contributed by atoms with Crippen molar-refractivity contribution in [3.8, 4) is 5.69 Å². The van der Waals surface area contributed by atoms with Crippen LogP contribution in [0, 0.1) is 0 Å². The van der Waals surface area contributed by atoms with Crippen LogP contribution in [0.1, 0.15) is 0 Å². The van der Waals surface area contributed by atoms with Gasteiger partial charge in [-0.05, 0) is 22.9 Å². The number of nitrogens with one attached hydrogen (secondary N) is 1. The molecule has 0 aliphatic rings. The number of imidazole rings is 1. The maximum absolute atomic E-state index is 11.5. The minimum atomic E-state index is -0.115. The van der Waals surface area contributed by atoms with Crippen LogP contribution in [-0.2, 0) is 0 Å². The molecular weight excluding hydrogens is 200 g/mol. The van der Waals surface area contributed by atoms with Crippen molar-refractivity contribution in [1.82, 2.24) is 9.55 Å². The highest BCUT2D eigenvalue weighted by atomic mass is 16.1. The average Bonchev–Trinajstić information content (AvgIpc) is 2.75. The number of hydrogen-bond donors (Lipinski definition) is 1. The molecule has 0 atom stereocenters. The summed E-state index contributed by atoms with van der Waals surface area (Å²) in [5.74, 6) is 0. The molecule has 78 valence electrons. The second-order valence-electron chi connectivity index (χ2n) is 3.67. The molecule has 0 radical (unpaired) electrons. The van der Waals surface area contributed by atoms with E-state index < -0.39 is 0 Å². The summed E-state index contributed by atoms with van der Waals surface area (Å²) < 4.78 is 1.59. The molecule has 1 heterocycles. The number of hydrogen-bond acceptors (Lipinski definition) is 1. The number of aromatic nitrogens is 2. The highest BCUT2D eigenvalue weighted by Crippen LogP contribution is 2.17. The molecule has 0 aliphatic carbocycles. The van der Waals surface area contributed by atoms with Gasteiger partial charge in [0.15, 0.2) is 0 Å². The Labute approximate surface area is 92.0 Å². The summed E-state index contributed by atoms with van der Waals surface area (Å²) in [6.07, 6.45) is 3.37. The van der Waals surface area contributed by atoms with Gasteiger partial charge < -0.3 is 4.98 Å². The Bertz CT molecular complexity index is 694. The Balaban J connectivity index is 2.27. The number of H-pyrrole nitrogens is 1. The van der Waals surface area contributed by atoms with Gasteiger partial charge in [-0.25, -0.2) is 4.79 Å². The molecule has 3 rings (SSSR count). The van der Waals surface area contributed by atoms with Crippen molar-refractivity contribution < 1.29 is 0 Å². The van der Waals surface area contributed by atoms with E-state index in [1.807, 2.05) is 36.4 Å². The third-order valence-corrected chi connectivity index (χ3v) is 2.66. The highest BCUT2D eigenvalue weighted by Gasteiger charge is 2.00. The number of aromatic amines is 1. The van der Waals surface area contributed by atoms with E-state index in [0.29, 0.717) is 0 Å². The molecule has 0 amide bonds. The van der Waals surface area contributed by atoms with Gasteiger partial charge in [0.2, 0.25) is 0 Å². The van der Waals surface area contributed by atoms with Crippen LogP contribution >= 0.6 is 0 Å². The topological polar surface area (TPSA) is 37.8 Å². The van der Waals surface area contributed by atoms with Crippen molar-refractivity contribution in [2.24, 2.45) is 0 Å². The molecule has 0 saturated heterocycles. The fraction of sp³-hybridized carbons (Fsp3) is 0. The minimum Gasteiger partial charge on any atom is -0.312 e. The molecule has 3 nitrogen and oxygen atoms in total. The van der Waals surface area contributed by atoms with Crippen LogP contribution < -0.4 is 5.69 Å². The van der Waals surface area contributed by atoms with Crippen LogP contribution in [0.3, 0.4) is 0 Å². The van der Waals surface area contributed by atoms with Crippen molar-refractivity contribution in [2.75, 3.05) is 0 Å². The SMILES string of the molecule is O=c1[nH]ccn1-c1ccc2ccccc2c1. The first-order chi connectivity index (χ1) is 7.84. The smallest absolute Gasteiger partial charge is 0.312 e. The van der Waals surface area contributed by atoms with Crippen LogP contribution in [0.25, 0.3) is 16.5 Å². The van der Waals surface area contributed by atoms with Crippen molar-refractivity contribution in [3.63, 3.8) is 0 Å². The molecule has 2 aromatic carbocycles. The molecule has 1 N–H and O–H groups in total. The first-order valence-electron chi connectivity index (χ1n) is 5.10. The molecule has 3 aromatic rings. The predicted molar refractivity (Wildman–Crippen MR) is 63.9 cm³/mol. The third-order valence-electron chi connectivity index (χ3n) is 2.66. The van der Waals surface area contributed by atoms with Gasteiger partial charge in [0, 0.05) is 12.4 Å². The Kier molecular flexibility index (Phi) is 1.90. The summed E-state index contributed by atoms with van der Waals surface area (Å²) in [7, 11) is 0. The molecule has 16 heavy (non-hydrogen) atoms. The second kappa shape index (κ2) is 3.38. The zero-order valence-corrected chi connectivity index (χ0v) is 8.55. The zero-order chi connectivity index (χ0) is 11.0. The number of fused-ring (bicyclic) bond motifs is 1. The van der Waals surface area contributed by atoms with Gasteiger partial charge >= 0.3 is 5.69 Å². The van der Waals surface area contributed by atoms with Crippen molar-refractivity contribution in [1.29, 1.82) is 0 Å². The second-order valence-corrected chi connectivity index (χ2v) is 3.67. The normalized spacial score (nSPS) is 10.8. The van der Waals surface area contributed by atoms with E-state index in [1.165, 1.54) is 5.39 Å². The lowest BCUT2D eigenvalue weighted by molar-refractivity contribution is 0.990. The monoisotopic (exact) mass is 210 g/mol. The summed E-state index contributed by atoms with van der Waals surface area (Å²) in [4.78, 5) is 14.1. The van der Waals surface area contributed by atoms with Crippen LogP contribution in [-0.4, -0.2) is 9.55 Å². The fourth-order valence-electron chi connectivity index (χ4n) is 1.85. The van der Waals surface area contributed by atoms with Crippen LogP contribution in [0.4, 0.5) is 0 Å². The maximum Gasteiger partial charge on any atom is 0.330 e. The van der Waals surface area contributed by atoms with Gasteiger partial charge in [-0.15, -0.1) is 0 Å². The zero-order valence-electron chi connectivity index (χ0n) is 8.55. The fourth-order valence-corrected chi connectivity index (χ4v) is 1.85. The Morgan fingerprint density at radius 1 is 1.00 bits per heavy atom. The molecular formula is C13H10N2O.